The Bertz CT molecular complexity index is 1060. The molecule has 1 heterocycles. The van der Waals surface area contributed by atoms with Crippen molar-refractivity contribution in [3.8, 4) is 11.5 Å². The van der Waals surface area contributed by atoms with Crippen LogP contribution in [0.15, 0.2) is 79.1 Å². The number of Topliss-reactive ketones (excluding diaryl/α,β-unsaturated/α-hetero) is 1. The summed E-state index contributed by atoms with van der Waals surface area (Å²) in [6.07, 6.45) is 3.57. The largest absolute Gasteiger partial charge is 0.489 e. The number of hydrogen-bond acceptors (Lipinski definition) is 3. The van der Waals surface area contributed by atoms with Gasteiger partial charge in [-0.25, -0.2) is 0 Å². The van der Waals surface area contributed by atoms with Gasteiger partial charge < -0.3 is 9.47 Å². The van der Waals surface area contributed by atoms with Crippen molar-refractivity contribution in [3.63, 3.8) is 0 Å². The number of fused-ring (bicyclic) bond motifs is 1. The second-order valence-electron chi connectivity index (χ2n) is 6.74. The van der Waals surface area contributed by atoms with Gasteiger partial charge in [-0.15, -0.1) is 0 Å². The fourth-order valence-electron chi connectivity index (χ4n) is 2.99. The molecule has 28 heavy (non-hydrogen) atoms. The lowest BCUT2D eigenvalue weighted by atomic mass is 10.1. The Kier molecular flexibility index (Phi) is 4.81. The van der Waals surface area contributed by atoms with Crippen LogP contribution in [-0.4, -0.2) is 5.78 Å². The fourth-order valence-corrected chi connectivity index (χ4v) is 2.99. The molecule has 3 aromatic rings. The van der Waals surface area contributed by atoms with Gasteiger partial charge in [0, 0.05) is 6.07 Å². The summed E-state index contributed by atoms with van der Waals surface area (Å²) in [7, 11) is 0. The van der Waals surface area contributed by atoms with Gasteiger partial charge in [0.2, 0.25) is 5.78 Å². The van der Waals surface area contributed by atoms with Gasteiger partial charge in [0.15, 0.2) is 5.76 Å². The lowest BCUT2D eigenvalue weighted by Gasteiger charge is -2.07. The number of rotatable bonds is 5. The summed E-state index contributed by atoms with van der Waals surface area (Å²) < 4.78 is 11.7. The van der Waals surface area contributed by atoms with Crippen LogP contribution in [0.1, 0.15) is 32.6 Å². The van der Waals surface area contributed by atoms with E-state index in [1.807, 2.05) is 55.5 Å². The Morgan fingerprint density at radius 3 is 2.39 bits per heavy atom. The van der Waals surface area contributed by atoms with E-state index in [1.165, 1.54) is 5.56 Å². The highest BCUT2D eigenvalue weighted by atomic mass is 16.5. The zero-order chi connectivity index (χ0) is 19.5. The lowest BCUT2D eigenvalue weighted by Crippen LogP contribution is -1.98. The molecule has 4 rings (SSSR count). The first-order chi connectivity index (χ1) is 13.6. The van der Waals surface area contributed by atoms with Crippen molar-refractivity contribution in [3.05, 3.63) is 107 Å². The molecule has 0 aliphatic carbocycles. The van der Waals surface area contributed by atoms with Crippen LogP contribution in [0.5, 0.6) is 11.5 Å². The maximum Gasteiger partial charge on any atom is 0.231 e. The molecule has 0 amide bonds. The molecule has 0 fully saturated rings. The summed E-state index contributed by atoms with van der Waals surface area (Å²) in [5.41, 5.74) is 4.79. The number of carbonyl (C=O) groups excluding carboxylic acids is 1. The zero-order valence-electron chi connectivity index (χ0n) is 15.6. The topological polar surface area (TPSA) is 35.5 Å². The smallest absolute Gasteiger partial charge is 0.231 e. The van der Waals surface area contributed by atoms with Crippen LogP contribution in [0.25, 0.3) is 12.2 Å². The molecule has 0 N–H and O–H groups in total. The standard InChI is InChI=1S/C25H20O3/c1-3-18-8-10-20(11-9-18)16-27-21-12-13-22-23(15-21)28-24(25(22)26)14-19-6-4-17(2)5-7-19/h3-15H,1,16H2,2H3/b24-14-. The Morgan fingerprint density at radius 2 is 1.68 bits per heavy atom. The molecule has 0 radical (unpaired) electrons. The number of ketones is 1. The molecule has 0 spiro atoms. The minimum absolute atomic E-state index is 0.109. The second kappa shape index (κ2) is 7.57. The normalized spacial score (nSPS) is 13.9. The van der Waals surface area contributed by atoms with Crippen molar-refractivity contribution in [2.75, 3.05) is 0 Å². The summed E-state index contributed by atoms with van der Waals surface area (Å²) in [6.45, 7) is 6.22. The Hall–Kier alpha value is -3.59. The van der Waals surface area contributed by atoms with Gasteiger partial charge >= 0.3 is 0 Å². The maximum atomic E-state index is 12.6. The molecular weight excluding hydrogens is 348 g/mol. The second-order valence-corrected chi connectivity index (χ2v) is 6.74. The Morgan fingerprint density at radius 1 is 0.964 bits per heavy atom. The first kappa shape index (κ1) is 17.8. The molecular formula is C25H20O3. The number of benzene rings is 3. The molecule has 3 aromatic carbocycles. The van der Waals surface area contributed by atoms with E-state index in [1.54, 1.807) is 30.4 Å². The van der Waals surface area contributed by atoms with Gasteiger partial charge in [-0.3, -0.25) is 4.79 Å². The van der Waals surface area contributed by atoms with Crippen molar-refractivity contribution in [2.45, 2.75) is 13.5 Å². The van der Waals surface area contributed by atoms with Gasteiger partial charge in [0.1, 0.15) is 18.1 Å². The van der Waals surface area contributed by atoms with Gasteiger partial charge in [0.05, 0.1) is 5.56 Å². The molecule has 0 bridgehead atoms. The van der Waals surface area contributed by atoms with Gasteiger partial charge in [-0.1, -0.05) is 66.7 Å². The van der Waals surface area contributed by atoms with Crippen molar-refractivity contribution in [2.24, 2.45) is 0 Å². The molecule has 0 saturated carbocycles. The van der Waals surface area contributed by atoms with Crippen molar-refractivity contribution < 1.29 is 14.3 Å². The highest BCUT2D eigenvalue weighted by molar-refractivity contribution is 6.14. The number of aryl methyl sites for hydroxylation is 1. The summed E-state index contributed by atoms with van der Waals surface area (Å²) >= 11 is 0. The van der Waals surface area contributed by atoms with E-state index in [4.69, 9.17) is 9.47 Å². The Balaban J connectivity index is 1.48. The van der Waals surface area contributed by atoms with Crippen LogP contribution in [0.4, 0.5) is 0 Å². The third kappa shape index (κ3) is 3.74. The molecule has 3 heteroatoms. The highest BCUT2D eigenvalue weighted by Gasteiger charge is 2.27. The van der Waals surface area contributed by atoms with E-state index in [0.717, 1.165) is 16.7 Å². The average Bonchev–Trinajstić information content (AvgIpc) is 3.03. The van der Waals surface area contributed by atoms with Crippen LogP contribution in [0.3, 0.4) is 0 Å². The fraction of sp³-hybridized carbons (Fsp3) is 0.0800. The zero-order valence-corrected chi connectivity index (χ0v) is 15.6. The van der Waals surface area contributed by atoms with E-state index >= 15 is 0 Å². The molecule has 1 aliphatic rings. The average molecular weight is 368 g/mol. The molecule has 3 nitrogen and oxygen atoms in total. The van der Waals surface area contributed by atoms with Gasteiger partial charge in [0.25, 0.3) is 0 Å². The maximum absolute atomic E-state index is 12.6. The van der Waals surface area contributed by atoms with E-state index in [9.17, 15) is 4.79 Å². The molecule has 0 unspecified atom stereocenters. The first-order valence-electron chi connectivity index (χ1n) is 9.11. The van der Waals surface area contributed by atoms with E-state index in [0.29, 0.717) is 29.4 Å². The van der Waals surface area contributed by atoms with E-state index in [2.05, 4.69) is 6.58 Å². The minimum Gasteiger partial charge on any atom is -0.489 e. The number of hydrogen-bond donors (Lipinski definition) is 0. The van der Waals surface area contributed by atoms with Crippen LogP contribution in [0, 0.1) is 6.92 Å². The van der Waals surface area contributed by atoms with Crippen LogP contribution < -0.4 is 9.47 Å². The van der Waals surface area contributed by atoms with E-state index < -0.39 is 0 Å². The van der Waals surface area contributed by atoms with Crippen LogP contribution in [0.2, 0.25) is 0 Å². The molecule has 0 saturated heterocycles. The lowest BCUT2D eigenvalue weighted by molar-refractivity contribution is 0.101. The van der Waals surface area contributed by atoms with Crippen LogP contribution in [-0.2, 0) is 6.61 Å². The van der Waals surface area contributed by atoms with Crippen LogP contribution >= 0.6 is 0 Å². The third-order valence-corrected chi connectivity index (χ3v) is 4.64. The summed E-state index contributed by atoms with van der Waals surface area (Å²) in [5, 5.41) is 0. The summed E-state index contributed by atoms with van der Waals surface area (Å²) in [6, 6.07) is 21.3. The molecule has 138 valence electrons. The first-order valence-corrected chi connectivity index (χ1v) is 9.11. The van der Waals surface area contributed by atoms with Crippen molar-refractivity contribution >= 4 is 17.9 Å². The quantitative estimate of drug-likeness (QED) is 0.531. The number of carbonyl (C=O) groups is 1. The number of ether oxygens (including phenoxy) is 2. The van der Waals surface area contributed by atoms with Gasteiger partial charge in [-0.05, 0) is 41.8 Å². The highest BCUT2D eigenvalue weighted by Crippen LogP contribution is 2.35. The Labute approximate surface area is 164 Å². The minimum atomic E-state index is -0.109. The molecule has 0 aromatic heterocycles. The molecule has 1 aliphatic heterocycles. The number of allylic oxidation sites excluding steroid dienone is 1. The summed E-state index contributed by atoms with van der Waals surface area (Å²) in [5.74, 6) is 1.41. The van der Waals surface area contributed by atoms with Crippen molar-refractivity contribution in [1.29, 1.82) is 0 Å². The predicted molar refractivity (Wildman–Crippen MR) is 111 cm³/mol. The van der Waals surface area contributed by atoms with E-state index in [-0.39, 0.29) is 5.78 Å². The van der Waals surface area contributed by atoms with Gasteiger partial charge in [-0.2, -0.15) is 0 Å². The molecule has 0 atom stereocenters. The predicted octanol–water partition coefficient (Wildman–Crippen LogP) is 5.83. The monoisotopic (exact) mass is 368 g/mol. The SMILES string of the molecule is C=Cc1ccc(COc2ccc3c(c2)O/C(=C\c2ccc(C)cc2)C3=O)cc1. The summed E-state index contributed by atoms with van der Waals surface area (Å²) in [4.78, 5) is 12.6. The third-order valence-electron chi connectivity index (χ3n) is 4.64. The van der Waals surface area contributed by atoms with Crippen molar-refractivity contribution in [1.82, 2.24) is 0 Å².